The van der Waals surface area contributed by atoms with Gasteiger partial charge in [0.05, 0.1) is 5.69 Å². The van der Waals surface area contributed by atoms with E-state index in [-0.39, 0.29) is 0 Å². The van der Waals surface area contributed by atoms with Gasteiger partial charge in [-0.05, 0) is 46.3 Å². The maximum absolute atomic E-state index is 5.03. The first-order valence-electron chi connectivity index (χ1n) is 8.12. The molecule has 1 aliphatic rings. The number of aromatic nitrogens is 1. The van der Waals surface area contributed by atoms with Crippen LogP contribution in [0.25, 0.3) is 0 Å². The molecule has 1 N–H and O–H groups in total. The zero-order valence-corrected chi connectivity index (χ0v) is 15.0. The van der Waals surface area contributed by atoms with E-state index in [9.17, 15) is 0 Å². The fraction of sp³-hybridized carbons (Fsp3) is 0.812. The third-order valence-corrected chi connectivity index (χ3v) is 5.44. The van der Waals surface area contributed by atoms with E-state index in [1.165, 1.54) is 28.5 Å². The minimum atomic E-state index is 0.549. The summed E-state index contributed by atoms with van der Waals surface area (Å²) in [5.74, 6) is 0.549. The fourth-order valence-corrected chi connectivity index (χ4v) is 4.33. The van der Waals surface area contributed by atoms with Crippen LogP contribution in [0, 0.1) is 0 Å². The van der Waals surface area contributed by atoms with Gasteiger partial charge in [-0.3, -0.25) is 0 Å². The number of hydrogen-bond donors (Lipinski definition) is 1. The van der Waals surface area contributed by atoms with Crippen LogP contribution in [-0.2, 0) is 6.54 Å². The molecule has 0 aliphatic carbocycles. The van der Waals surface area contributed by atoms with Crippen LogP contribution >= 0.6 is 11.3 Å². The zero-order chi connectivity index (χ0) is 15.4. The smallest absolute Gasteiger partial charge is 0.186 e. The molecule has 1 saturated heterocycles. The van der Waals surface area contributed by atoms with Crippen molar-refractivity contribution in [2.75, 3.05) is 39.1 Å². The lowest BCUT2D eigenvalue weighted by atomic mass is 10.0. The van der Waals surface area contributed by atoms with Crippen molar-refractivity contribution in [1.29, 1.82) is 0 Å². The Morgan fingerprint density at radius 3 is 2.86 bits per heavy atom. The number of thiazole rings is 1. The Balaban J connectivity index is 2.22. The molecule has 1 fully saturated rings. The number of rotatable bonds is 7. The number of hydrogen-bond acceptors (Lipinski definition) is 5. The third-order valence-electron chi connectivity index (χ3n) is 4.33. The molecule has 4 nitrogen and oxygen atoms in total. The van der Waals surface area contributed by atoms with Crippen molar-refractivity contribution in [2.45, 2.75) is 51.6 Å². The van der Waals surface area contributed by atoms with Crippen molar-refractivity contribution in [3.63, 3.8) is 0 Å². The Morgan fingerprint density at radius 2 is 2.24 bits per heavy atom. The summed E-state index contributed by atoms with van der Waals surface area (Å²) in [5, 5.41) is 4.53. The SMILES string of the molecule is CCC(C)c1nc(N2CCCC2CN(C)C)sc1CNC. The van der Waals surface area contributed by atoms with Gasteiger partial charge in [-0.1, -0.05) is 13.8 Å². The summed E-state index contributed by atoms with van der Waals surface area (Å²) in [5.41, 5.74) is 1.31. The van der Waals surface area contributed by atoms with Gasteiger partial charge in [0.15, 0.2) is 5.13 Å². The zero-order valence-electron chi connectivity index (χ0n) is 14.1. The summed E-state index contributed by atoms with van der Waals surface area (Å²) >= 11 is 1.89. The van der Waals surface area contributed by atoms with E-state index in [1.807, 2.05) is 18.4 Å². The van der Waals surface area contributed by atoms with Crippen molar-refractivity contribution in [3.05, 3.63) is 10.6 Å². The first kappa shape index (κ1) is 16.7. The minimum Gasteiger partial charge on any atom is -0.344 e. The Kier molecular flexibility index (Phi) is 6.02. The van der Waals surface area contributed by atoms with Gasteiger partial charge < -0.3 is 15.1 Å². The van der Waals surface area contributed by atoms with Gasteiger partial charge in [0.25, 0.3) is 0 Å². The predicted octanol–water partition coefficient (Wildman–Crippen LogP) is 2.91. The van der Waals surface area contributed by atoms with Crippen LogP contribution in [0.4, 0.5) is 5.13 Å². The highest BCUT2D eigenvalue weighted by Crippen LogP contribution is 2.35. The normalized spacial score (nSPS) is 20.5. The summed E-state index contributed by atoms with van der Waals surface area (Å²) in [6.45, 7) is 7.75. The van der Waals surface area contributed by atoms with E-state index < -0.39 is 0 Å². The van der Waals surface area contributed by atoms with E-state index in [0.29, 0.717) is 12.0 Å². The molecular formula is C16H30N4S. The molecule has 1 aromatic heterocycles. The van der Waals surface area contributed by atoms with Crippen molar-refractivity contribution in [3.8, 4) is 0 Å². The van der Waals surface area contributed by atoms with Gasteiger partial charge in [0.2, 0.25) is 0 Å². The maximum atomic E-state index is 5.03. The molecule has 0 amide bonds. The third kappa shape index (κ3) is 3.96. The first-order chi connectivity index (χ1) is 10.1. The molecule has 0 saturated carbocycles. The maximum Gasteiger partial charge on any atom is 0.186 e. The van der Waals surface area contributed by atoms with Gasteiger partial charge in [0.1, 0.15) is 0 Å². The lowest BCUT2D eigenvalue weighted by Crippen LogP contribution is -2.37. The number of anilines is 1. The van der Waals surface area contributed by atoms with Crippen LogP contribution in [0.15, 0.2) is 0 Å². The number of likely N-dealkylation sites (N-methyl/N-ethyl adjacent to an activating group) is 1. The first-order valence-corrected chi connectivity index (χ1v) is 8.94. The summed E-state index contributed by atoms with van der Waals surface area (Å²) in [6.07, 6.45) is 3.73. The van der Waals surface area contributed by atoms with Gasteiger partial charge in [-0.15, -0.1) is 11.3 Å². The highest BCUT2D eigenvalue weighted by Gasteiger charge is 2.28. The molecule has 0 aromatic carbocycles. The molecule has 1 aromatic rings. The average molecular weight is 311 g/mol. The van der Waals surface area contributed by atoms with Gasteiger partial charge in [-0.2, -0.15) is 0 Å². The van der Waals surface area contributed by atoms with Crippen LogP contribution in [-0.4, -0.2) is 50.2 Å². The molecule has 120 valence electrons. The van der Waals surface area contributed by atoms with Crippen LogP contribution < -0.4 is 10.2 Å². The van der Waals surface area contributed by atoms with E-state index in [2.05, 4.69) is 43.1 Å². The number of nitrogens with one attached hydrogen (secondary N) is 1. The quantitative estimate of drug-likeness (QED) is 0.839. The van der Waals surface area contributed by atoms with Gasteiger partial charge in [-0.25, -0.2) is 4.98 Å². The van der Waals surface area contributed by atoms with E-state index in [1.54, 1.807) is 0 Å². The van der Waals surface area contributed by atoms with Crippen LogP contribution in [0.5, 0.6) is 0 Å². The predicted molar refractivity (Wildman–Crippen MR) is 92.5 cm³/mol. The molecule has 1 aliphatic heterocycles. The molecular weight excluding hydrogens is 280 g/mol. The fourth-order valence-electron chi connectivity index (χ4n) is 3.04. The Hall–Kier alpha value is -0.650. The van der Waals surface area contributed by atoms with Gasteiger partial charge >= 0.3 is 0 Å². The summed E-state index contributed by atoms with van der Waals surface area (Å²) in [7, 11) is 6.34. The molecule has 2 rings (SSSR count). The molecule has 0 spiro atoms. The molecule has 21 heavy (non-hydrogen) atoms. The van der Waals surface area contributed by atoms with Crippen molar-refractivity contribution in [2.24, 2.45) is 0 Å². The standard InChI is InChI=1S/C16H30N4S/c1-6-12(2)15-14(10-17-3)21-16(18-15)20-9-7-8-13(20)11-19(4)5/h12-13,17H,6-11H2,1-5H3. The highest BCUT2D eigenvalue weighted by atomic mass is 32.1. The second kappa shape index (κ2) is 7.56. The van der Waals surface area contributed by atoms with E-state index in [4.69, 9.17) is 4.98 Å². The Bertz CT molecular complexity index is 443. The minimum absolute atomic E-state index is 0.549. The lowest BCUT2D eigenvalue weighted by molar-refractivity contribution is 0.372. The van der Waals surface area contributed by atoms with E-state index >= 15 is 0 Å². The summed E-state index contributed by atoms with van der Waals surface area (Å²) in [6, 6.07) is 0.623. The Morgan fingerprint density at radius 1 is 1.48 bits per heavy atom. The largest absolute Gasteiger partial charge is 0.344 e. The van der Waals surface area contributed by atoms with Crippen molar-refractivity contribution < 1.29 is 0 Å². The molecule has 2 heterocycles. The number of nitrogens with zero attached hydrogens (tertiary/aromatic N) is 3. The Labute approximate surface area is 133 Å². The summed E-state index contributed by atoms with van der Waals surface area (Å²) < 4.78 is 0. The second-order valence-corrected chi connectivity index (χ2v) is 7.46. The van der Waals surface area contributed by atoms with Crippen LogP contribution in [0.3, 0.4) is 0 Å². The van der Waals surface area contributed by atoms with E-state index in [0.717, 1.165) is 26.1 Å². The van der Waals surface area contributed by atoms with Crippen LogP contribution in [0.1, 0.15) is 49.6 Å². The summed E-state index contributed by atoms with van der Waals surface area (Å²) in [4.78, 5) is 11.3. The van der Waals surface area contributed by atoms with Crippen LogP contribution in [0.2, 0.25) is 0 Å². The highest BCUT2D eigenvalue weighted by molar-refractivity contribution is 7.15. The topological polar surface area (TPSA) is 31.4 Å². The monoisotopic (exact) mass is 310 g/mol. The second-order valence-electron chi connectivity index (χ2n) is 6.40. The molecule has 0 radical (unpaired) electrons. The molecule has 0 bridgehead atoms. The molecule has 2 unspecified atom stereocenters. The lowest BCUT2D eigenvalue weighted by Gasteiger charge is -2.26. The molecule has 2 atom stereocenters. The van der Waals surface area contributed by atoms with Crippen molar-refractivity contribution >= 4 is 16.5 Å². The van der Waals surface area contributed by atoms with Gasteiger partial charge in [0, 0.05) is 30.6 Å². The molecule has 5 heteroatoms. The average Bonchev–Trinajstić information content (AvgIpc) is 3.04. The van der Waals surface area contributed by atoms with Crippen molar-refractivity contribution in [1.82, 2.24) is 15.2 Å².